The lowest BCUT2D eigenvalue weighted by molar-refractivity contribution is -0.137. The third kappa shape index (κ3) is 3.13. The zero-order valence-corrected chi connectivity index (χ0v) is 10.2. The van der Waals surface area contributed by atoms with Crippen LogP contribution in [-0.4, -0.2) is 29.0 Å². The van der Waals surface area contributed by atoms with E-state index >= 15 is 0 Å². The van der Waals surface area contributed by atoms with Gasteiger partial charge in [0.05, 0.1) is 12.1 Å². The summed E-state index contributed by atoms with van der Waals surface area (Å²) in [7, 11) is 0. The molecule has 0 bridgehead atoms. The van der Waals surface area contributed by atoms with Gasteiger partial charge in [-0.25, -0.2) is 0 Å². The number of aliphatic carboxylic acids is 1. The van der Waals surface area contributed by atoms with E-state index in [1.165, 1.54) is 0 Å². The fourth-order valence-electron chi connectivity index (χ4n) is 1.77. The molecular weight excluding hydrogens is 258 g/mol. The van der Waals surface area contributed by atoms with Crippen LogP contribution in [0.5, 0.6) is 5.75 Å². The van der Waals surface area contributed by atoms with E-state index in [4.69, 9.17) is 21.4 Å². The number of ether oxygens (including phenoxy) is 1. The van der Waals surface area contributed by atoms with Gasteiger partial charge >= 0.3 is 5.97 Å². The van der Waals surface area contributed by atoms with E-state index in [0.29, 0.717) is 17.9 Å². The first-order valence-electron chi connectivity index (χ1n) is 5.46. The van der Waals surface area contributed by atoms with Gasteiger partial charge in [0.15, 0.2) is 6.61 Å². The zero-order valence-electron chi connectivity index (χ0n) is 9.48. The molecule has 6 heteroatoms. The predicted octanol–water partition coefficient (Wildman–Crippen LogP) is 1.64. The molecule has 1 aromatic rings. The number of carboxylic acids is 1. The second-order valence-electron chi connectivity index (χ2n) is 4.07. The van der Waals surface area contributed by atoms with Gasteiger partial charge in [-0.05, 0) is 24.1 Å². The van der Waals surface area contributed by atoms with Crippen LogP contribution in [0, 0.1) is 0 Å². The van der Waals surface area contributed by atoms with Crippen LogP contribution < -0.4 is 10.1 Å². The summed E-state index contributed by atoms with van der Waals surface area (Å²) in [6.45, 7) is 0.0174. The Morgan fingerprint density at radius 3 is 3.06 bits per heavy atom. The van der Waals surface area contributed by atoms with Crippen LogP contribution in [0.4, 0.5) is 5.69 Å². The molecule has 0 spiro atoms. The summed E-state index contributed by atoms with van der Waals surface area (Å²) in [5, 5.41) is 10.8. The summed E-state index contributed by atoms with van der Waals surface area (Å²) in [6.07, 6.45) is 0.332. The van der Waals surface area contributed by atoms with Crippen molar-refractivity contribution in [3.63, 3.8) is 0 Å². The Kier molecular flexibility index (Phi) is 3.72. The highest BCUT2D eigenvalue weighted by Crippen LogP contribution is 2.29. The van der Waals surface area contributed by atoms with E-state index < -0.39 is 11.3 Å². The number of alkyl halides is 1. The minimum atomic E-state index is -0.926. The number of hydrogen-bond donors (Lipinski definition) is 2. The number of amides is 1. The summed E-state index contributed by atoms with van der Waals surface area (Å²) >= 11 is 5.92. The predicted molar refractivity (Wildman–Crippen MR) is 66.2 cm³/mol. The summed E-state index contributed by atoms with van der Waals surface area (Å²) < 4.78 is 5.22. The van der Waals surface area contributed by atoms with E-state index in [-0.39, 0.29) is 18.9 Å². The van der Waals surface area contributed by atoms with Crippen LogP contribution >= 0.6 is 11.6 Å². The number of carbonyl (C=O) groups excluding carboxylic acids is 1. The highest BCUT2D eigenvalue weighted by molar-refractivity contribution is 6.21. The fraction of sp³-hybridized carbons (Fsp3) is 0.333. The highest BCUT2D eigenvalue weighted by Gasteiger charge is 2.17. The van der Waals surface area contributed by atoms with Crippen molar-refractivity contribution in [2.45, 2.75) is 18.2 Å². The maximum atomic E-state index is 11.2. The van der Waals surface area contributed by atoms with Gasteiger partial charge in [0, 0.05) is 5.38 Å². The number of anilines is 1. The van der Waals surface area contributed by atoms with Crippen molar-refractivity contribution >= 4 is 29.2 Å². The lowest BCUT2D eigenvalue weighted by Crippen LogP contribution is -2.25. The van der Waals surface area contributed by atoms with Gasteiger partial charge in [-0.3, -0.25) is 9.59 Å². The Morgan fingerprint density at radius 1 is 1.56 bits per heavy atom. The molecule has 5 nitrogen and oxygen atoms in total. The summed E-state index contributed by atoms with van der Waals surface area (Å²) in [5.74, 6) is -0.514. The molecular formula is C12H12ClNO4. The molecule has 0 saturated heterocycles. The molecule has 2 rings (SSSR count). The van der Waals surface area contributed by atoms with E-state index in [2.05, 4.69) is 5.32 Å². The van der Waals surface area contributed by atoms with Gasteiger partial charge < -0.3 is 15.2 Å². The number of fused-ring (bicyclic) bond motifs is 1. The Balaban J connectivity index is 2.08. The van der Waals surface area contributed by atoms with Gasteiger partial charge in [0.1, 0.15) is 5.75 Å². The smallest absolute Gasteiger partial charge is 0.304 e. The minimum Gasteiger partial charge on any atom is -0.482 e. The van der Waals surface area contributed by atoms with Crippen molar-refractivity contribution in [1.29, 1.82) is 0 Å². The molecule has 0 aliphatic carbocycles. The monoisotopic (exact) mass is 269 g/mol. The molecule has 1 heterocycles. The van der Waals surface area contributed by atoms with Gasteiger partial charge in [-0.2, -0.15) is 0 Å². The number of halogens is 1. The molecule has 1 aliphatic rings. The van der Waals surface area contributed by atoms with Crippen molar-refractivity contribution in [3.8, 4) is 5.75 Å². The first kappa shape index (κ1) is 12.7. The first-order chi connectivity index (χ1) is 8.54. The number of nitrogens with one attached hydrogen (secondary N) is 1. The maximum Gasteiger partial charge on any atom is 0.304 e. The van der Waals surface area contributed by atoms with Crippen molar-refractivity contribution in [1.82, 2.24) is 0 Å². The van der Waals surface area contributed by atoms with E-state index in [0.717, 1.165) is 5.56 Å². The Morgan fingerprint density at radius 2 is 2.33 bits per heavy atom. The number of benzene rings is 1. The van der Waals surface area contributed by atoms with Gasteiger partial charge in [-0.15, -0.1) is 11.6 Å². The zero-order chi connectivity index (χ0) is 13.1. The molecule has 18 heavy (non-hydrogen) atoms. The fourth-order valence-corrected chi connectivity index (χ4v) is 2.08. The molecule has 0 aromatic heterocycles. The molecule has 1 unspecified atom stereocenters. The molecule has 1 atom stereocenters. The lowest BCUT2D eigenvalue weighted by Gasteiger charge is -2.18. The number of rotatable bonds is 4. The number of hydrogen-bond acceptors (Lipinski definition) is 3. The van der Waals surface area contributed by atoms with E-state index in [9.17, 15) is 9.59 Å². The minimum absolute atomic E-state index is 0.0174. The second-order valence-corrected chi connectivity index (χ2v) is 4.68. The Labute approximate surface area is 109 Å². The van der Waals surface area contributed by atoms with Crippen molar-refractivity contribution in [3.05, 3.63) is 23.8 Å². The SMILES string of the molecule is O=C(O)CC(Cl)Cc1ccc2c(c1)NC(=O)CO2. The van der Waals surface area contributed by atoms with Crippen LogP contribution in [0.25, 0.3) is 0 Å². The molecule has 1 aromatic carbocycles. The lowest BCUT2D eigenvalue weighted by atomic mass is 10.1. The average Bonchev–Trinajstić information content (AvgIpc) is 2.27. The van der Waals surface area contributed by atoms with Gasteiger partial charge in [0.25, 0.3) is 5.91 Å². The molecule has 1 aliphatic heterocycles. The largest absolute Gasteiger partial charge is 0.482 e. The first-order valence-corrected chi connectivity index (χ1v) is 5.89. The maximum absolute atomic E-state index is 11.2. The van der Waals surface area contributed by atoms with Gasteiger partial charge in [-0.1, -0.05) is 6.07 Å². The van der Waals surface area contributed by atoms with Crippen LogP contribution in [0.3, 0.4) is 0 Å². The molecule has 2 N–H and O–H groups in total. The van der Waals surface area contributed by atoms with Crippen LogP contribution in [0.1, 0.15) is 12.0 Å². The molecule has 0 saturated carbocycles. The standard InChI is InChI=1S/C12H12ClNO4/c13-8(5-12(16)17)3-7-1-2-10-9(4-7)14-11(15)6-18-10/h1-2,4,8H,3,5-6H2,(H,14,15)(H,16,17). The Bertz CT molecular complexity index is 489. The molecule has 96 valence electrons. The number of carboxylic acid groups (broad SMARTS) is 1. The van der Waals surface area contributed by atoms with Crippen molar-refractivity contribution in [2.75, 3.05) is 11.9 Å². The van der Waals surface area contributed by atoms with Gasteiger partial charge in [0.2, 0.25) is 0 Å². The highest BCUT2D eigenvalue weighted by atomic mass is 35.5. The summed E-state index contributed by atoms with van der Waals surface area (Å²) in [6, 6.07) is 5.31. The molecule has 0 radical (unpaired) electrons. The normalized spacial score (nSPS) is 15.3. The Hall–Kier alpha value is -1.75. The van der Waals surface area contributed by atoms with Crippen LogP contribution in [0.2, 0.25) is 0 Å². The number of carbonyl (C=O) groups is 2. The second kappa shape index (κ2) is 5.27. The molecule has 1 amide bonds. The molecule has 0 fully saturated rings. The van der Waals surface area contributed by atoms with Crippen LogP contribution in [0.15, 0.2) is 18.2 Å². The third-order valence-electron chi connectivity index (χ3n) is 2.53. The van der Waals surface area contributed by atoms with E-state index in [1.807, 2.05) is 6.07 Å². The third-order valence-corrected chi connectivity index (χ3v) is 2.84. The van der Waals surface area contributed by atoms with Crippen LogP contribution in [-0.2, 0) is 16.0 Å². The summed E-state index contributed by atoms with van der Waals surface area (Å²) in [5.41, 5.74) is 1.46. The van der Waals surface area contributed by atoms with Crippen molar-refractivity contribution < 1.29 is 19.4 Å². The van der Waals surface area contributed by atoms with Crippen molar-refractivity contribution in [2.24, 2.45) is 0 Å². The summed E-state index contributed by atoms with van der Waals surface area (Å²) in [4.78, 5) is 21.7. The average molecular weight is 270 g/mol. The van der Waals surface area contributed by atoms with E-state index in [1.54, 1.807) is 12.1 Å². The topological polar surface area (TPSA) is 75.6 Å². The quantitative estimate of drug-likeness (QED) is 0.815.